The molecule has 2 aromatic heterocycles. The third kappa shape index (κ3) is 7.75. The number of imidazole rings is 1. The highest BCUT2D eigenvalue weighted by Crippen LogP contribution is 2.38. The Morgan fingerprint density at radius 1 is 1.15 bits per heavy atom. The van der Waals surface area contributed by atoms with Crippen molar-refractivity contribution in [1.29, 1.82) is 0 Å². The Morgan fingerprint density at radius 2 is 1.85 bits per heavy atom. The van der Waals surface area contributed by atoms with E-state index < -0.39 is 23.4 Å². The lowest BCUT2D eigenvalue weighted by atomic mass is 9.87. The van der Waals surface area contributed by atoms with Gasteiger partial charge in [0.2, 0.25) is 11.9 Å². The molecule has 1 aliphatic rings. The number of benzene rings is 2. The predicted octanol–water partition coefficient (Wildman–Crippen LogP) is 7.37. The van der Waals surface area contributed by atoms with Gasteiger partial charge in [-0.1, -0.05) is 50.0 Å². The Labute approximate surface area is 285 Å². The van der Waals surface area contributed by atoms with Crippen LogP contribution < -0.4 is 15.5 Å². The van der Waals surface area contributed by atoms with Crippen molar-refractivity contribution in [1.82, 2.24) is 30.0 Å². The van der Waals surface area contributed by atoms with Gasteiger partial charge in [0.25, 0.3) is 5.91 Å². The molecule has 1 fully saturated rings. The minimum atomic E-state index is -4.26. The van der Waals surface area contributed by atoms with Crippen molar-refractivity contribution in [3.05, 3.63) is 57.6 Å². The number of hydrogen-bond acceptors (Lipinski definition) is 7. The van der Waals surface area contributed by atoms with E-state index in [1.54, 1.807) is 47.8 Å². The molecule has 0 saturated heterocycles. The fraction of sp³-hybridized carbons (Fsp3) is 0.438. The number of nitrogens with one attached hydrogen (secondary N) is 3. The first-order valence-corrected chi connectivity index (χ1v) is 16.0. The van der Waals surface area contributed by atoms with Gasteiger partial charge >= 0.3 is 6.18 Å². The lowest BCUT2D eigenvalue weighted by Gasteiger charge is -2.25. The zero-order valence-corrected chi connectivity index (χ0v) is 28.6. The number of alkyl halides is 3. The molecule has 0 radical (unpaired) electrons. The highest BCUT2D eigenvalue weighted by atomic mass is 35.5. The zero-order chi connectivity index (χ0) is 35.0. The van der Waals surface area contributed by atoms with E-state index >= 15 is 0 Å². The Kier molecular flexibility index (Phi) is 10.1. The van der Waals surface area contributed by atoms with E-state index in [1.165, 1.54) is 6.33 Å². The number of aryl methyl sites for hydroxylation is 1. The van der Waals surface area contributed by atoms with Crippen LogP contribution in [0.15, 0.2) is 35.6 Å². The van der Waals surface area contributed by atoms with Gasteiger partial charge in [-0.15, -0.1) is 0 Å². The maximum atomic E-state index is 13.7. The highest BCUT2D eigenvalue weighted by molar-refractivity contribution is 6.39. The van der Waals surface area contributed by atoms with Gasteiger partial charge in [0.1, 0.15) is 12.2 Å². The summed E-state index contributed by atoms with van der Waals surface area (Å²) >= 11 is 13.3. The molecule has 0 spiro atoms. The van der Waals surface area contributed by atoms with Gasteiger partial charge in [0, 0.05) is 31.8 Å². The van der Waals surface area contributed by atoms with E-state index in [2.05, 4.69) is 30.8 Å². The van der Waals surface area contributed by atoms with Crippen LogP contribution in [0, 0.1) is 11.3 Å². The molecule has 2 amide bonds. The van der Waals surface area contributed by atoms with Crippen LogP contribution in [0.25, 0.3) is 11.0 Å². The van der Waals surface area contributed by atoms with Crippen molar-refractivity contribution in [2.75, 3.05) is 17.3 Å². The van der Waals surface area contributed by atoms with E-state index in [0.717, 1.165) is 0 Å². The van der Waals surface area contributed by atoms with Crippen molar-refractivity contribution < 1.29 is 22.8 Å². The van der Waals surface area contributed by atoms with Crippen LogP contribution in [-0.2, 0) is 24.9 Å². The second-order valence-electron chi connectivity index (χ2n) is 12.9. The van der Waals surface area contributed by atoms with Crippen LogP contribution in [0.5, 0.6) is 0 Å². The molecule has 3 N–H and O–H groups in total. The number of nitrogens with zero attached hydrogens (tertiary/aromatic N) is 6. The van der Waals surface area contributed by atoms with Gasteiger partial charge in [-0.25, -0.2) is 15.0 Å². The van der Waals surface area contributed by atoms with Crippen molar-refractivity contribution in [2.45, 2.75) is 65.7 Å². The van der Waals surface area contributed by atoms with Crippen LogP contribution in [0.3, 0.4) is 0 Å². The molecule has 1 saturated carbocycles. The number of halogens is 5. The minimum absolute atomic E-state index is 0.0967. The Morgan fingerprint density at radius 3 is 2.48 bits per heavy atom. The molecule has 0 aliphatic heterocycles. The van der Waals surface area contributed by atoms with E-state index in [1.807, 2.05) is 20.8 Å². The molecule has 0 unspecified atom stereocenters. The second kappa shape index (κ2) is 13.7. The predicted molar refractivity (Wildman–Crippen MR) is 180 cm³/mol. The molecule has 2 heterocycles. The monoisotopic (exact) mass is 705 g/mol. The first-order valence-electron chi connectivity index (χ1n) is 15.3. The van der Waals surface area contributed by atoms with Gasteiger partial charge in [0.15, 0.2) is 0 Å². The standard InChI is InChI=1S/C32H36Cl2F3N9O2/c1-31(2,3)29(48)38-14-17-6-11-21(33)27(26(17)34)43-30-42-22-12-20(28(47)41-19-9-7-18(8-10-19)32(35,36)37)23(13-24(22)46(30)5)45(4)15-25-39-16-40-44-25/h6,11-13,16,18H,7-10,14-15H2,1-5H3,(H,38,48)(H,42,43)(H,39,40,44). The quantitative estimate of drug-likeness (QED) is 0.174. The van der Waals surface area contributed by atoms with Gasteiger partial charge in [-0.2, -0.15) is 18.3 Å². The van der Waals surface area contributed by atoms with Crippen LogP contribution in [0.1, 0.15) is 68.2 Å². The summed E-state index contributed by atoms with van der Waals surface area (Å²) in [5, 5.41) is 13.4. The molecule has 1 aliphatic carbocycles. The summed E-state index contributed by atoms with van der Waals surface area (Å²) in [6, 6.07) is 6.81. The number of aromatic amines is 1. The van der Waals surface area contributed by atoms with E-state index in [0.29, 0.717) is 55.5 Å². The number of hydrogen-bond donors (Lipinski definition) is 3. The molecule has 0 bridgehead atoms. The van der Waals surface area contributed by atoms with Crippen molar-refractivity contribution in [3.63, 3.8) is 0 Å². The largest absolute Gasteiger partial charge is 0.391 e. The van der Waals surface area contributed by atoms with E-state index in [-0.39, 0.29) is 50.2 Å². The van der Waals surface area contributed by atoms with Gasteiger partial charge in [0.05, 0.1) is 50.5 Å². The first-order chi connectivity index (χ1) is 22.5. The third-order valence-corrected chi connectivity index (χ3v) is 9.05. The second-order valence-corrected chi connectivity index (χ2v) is 13.7. The highest BCUT2D eigenvalue weighted by Gasteiger charge is 2.40. The average Bonchev–Trinajstić information content (AvgIpc) is 3.64. The maximum Gasteiger partial charge on any atom is 0.391 e. The summed E-state index contributed by atoms with van der Waals surface area (Å²) in [4.78, 5) is 41.1. The molecule has 2 aromatic carbocycles. The smallest absolute Gasteiger partial charge is 0.366 e. The maximum absolute atomic E-state index is 13.7. The molecular formula is C32H36Cl2F3N9O2. The number of carbonyl (C=O) groups excluding carboxylic acids is 2. The fourth-order valence-corrected chi connectivity index (χ4v) is 5.97. The van der Waals surface area contributed by atoms with Crippen LogP contribution in [0.4, 0.5) is 30.5 Å². The summed E-state index contributed by atoms with van der Waals surface area (Å²) in [5.41, 5.74) is 2.76. The Hall–Kier alpha value is -4.17. The van der Waals surface area contributed by atoms with Crippen LogP contribution in [0.2, 0.25) is 10.0 Å². The summed E-state index contributed by atoms with van der Waals surface area (Å²) in [5.74, 6) is -1.17. The van der Waals surface area contributed by atoms with Crippen molar-refractivity contribution in [2.24, 2.45) is 23.4 Å². The van der Waals surface area contributed by atoms with Crippen molar-refractivity contribution in [3.8, 4) is 0 Å². The number of rotatable bonds is 8. The van der Waals surface area contributed by atoms with E-state index in [4.69, 9.17) is 28.2 Å². The molecule has 16 heteroatoms. The molecule has 256 valence electrons. The van der Waals surface area contributed by atoms with Gasteiger partial charge < -0.3 is 20.1 Å². The number of fused-ring (bicyclic) bond motifs is 1. The number of anilines is 3. The molecule has 5 rings (SSSR count). The number of aromatic nitrogens is 5. The first kappa shape index (κ1) is 35.1. The zero-order valence-electron chi connectivity index (χ0n) is 27.1. The van der Waals surface area contributed by atoms with E-state index in [9.17, 15) is 22.8 Å². The number of aliphatic imine (C=N–C) groups is 1. The normalized spacial score (nSPS) is 15.5. The summed E-state index contributed by atoms with van der Waals surface area (Å²) < 4.78 is 41.4. The SMILES string of the molecule is CN(Cc1ncn[nH]1)c1cc2c(cc1C(=O)N=C1CCC(C(F)(F)F)CC1)nc(Nc1c(Cl)ccc(CNC(=O)C(C)(C)C)c1Cl)n2C. The Bertz CT molecular complexity index is 1860. The number of amides is 2. The van der Waals surface area contributed by atoms with Crippen molar-refractivity contribution >= 4 is 69.1 Å². The van der Waals surface area contributed by atoms with Gasteiger partial charge in [-0.3, -0.25) is 14.7 Å². The summed E-state index contributed by atoms with van der Waals surface area (Å²) in [6.45, 7) is 5.92. The topological polar surface area (TPSA) is 133 Å². The number of carbonyl (C=O) groups is 2. The van der Waals surface area contributed by atoms with Gasteiger partial charge in [-0.05, 0) is 49.4 Å². The van der Waals surface area contributed by atoms with Crippen LogP contribution in [-0.4, -0.2) is 55.5 Å². The molecule has 4 aromatic rings. The fourth-order valence-electron chi connectivity index (χ4n) is 5.44. The Balaban J connectivity index is 1.48. The molecular weight excluding hydrogens is 670 g/mol. The minimum Gasteiger partial charge on any atom is -0.366 e. The molecule has 11 nitrogen and oxygen atoms in total. The summed E-state index contributed by atoms with van der Waals surface area (Å²) in [7, 11) is 3.56. The number of H-pyrrole nitrogens is 1. The third-order valence-electron chi connectivity index (χ3n) is 8.31. The van der Waals surface area contributed by atoms with Crippen LogP contribution >= 0.6 is 23.2 Å². The lowest BCUT2D eigenvalue weighted by molar-refractivity contribution is -0.178. The summed E-state index contributed by atoms with van der Waals surface area (Å²) in [6.07, 6.45) is -2.89. The molecule has 0 atom stereocenters. The molecule has 48 heavy (non-hydrogen) atoms. The average molecular weight is 707 g/mol. The lowest BCUT2D eigenvalue weighted by Crippen LogP contribution is -2.34.